The Hall–Kier alpha value is -2.20. The van der Waals surface area contributed by atoms with Gasteiger partial charge >= 0.3 is 5.69 Å². The topological polar surface area (TPSA) is 95.1 Å². The molecule has 106 valence electrons. The first kappa shape index (κ1) is 14.2. The van der Waals surface area contributed by atoms with Crippen molar-refractivity contribution >= 4 is 11.5 Å². The molecule has 1 aromatic heterocycles. The molecule has 2 heterocycles. The lowest BCUT2D eigenvalue weighted by Gasteiger charge is -2.14. The van der Waals surface area contributed by atoms with Crippen LogP contribution in [0.1, 0.15) is 18.9 Å². The highest BCUT2D eigenvalue weighted by Gasteiger charge is 2.24. The summed E-state index contributed by atoms with van der Waals surface area (Å²) in [5.74, 6) is 0.645. The average molecular weight is 275 g/mol. The Morgan fingerprint density at radius 1 is 1.70 bits per heavy atom. The number of nitriles is 1. The van der Waals surface area contributed by atoms with E-state index in [4.69, 9.17) is 5.26 Å². The van der Waals surface area contributed by atoms with Gasteiger partial charge in [-0.3, -0.25) is 10.1 Å². The Kier molecular flexibility index (Phi) is 4.48. The Labute approximate surface area is 117 Å². The van der Waals surface area contributed by atoms with Crippen LogP contribution in [-0.4, -0.2) is 41.0 Å². The third kappa shape index (κ3) is 3.03. The normalized spacial score (nSPS) is 18.7. The van der Waals surface area contributed by atoms with Crippen molar-refractivity contribution in [2.24, 2.45) is 5.92 Å². The van der Waals surface area contributed by atoms with Crippen molar-refractivity contribution in [3.05, 3.63) is 27.9 Å². The number of nitrogens with one attached hydrogen (secondary N) is 1. The zero-order valence-electron chi connectivity index (χ0n) is 11.4. The molecule has 1 N–H and O–H groups in total. The number of anilines is 1. The number of aromatic nitrogens is 1. The largest absolute Gasteiger partial charge is 0.364 e. The number of nitro groups is 1. The molecule has 0 aliphatic carbocycles. The summed E-state index contributed by atoms with van der Waals surface area (Å²) < 4.78 is 0. The second-order valence-corrected chi connectivity index (χ2v) is 4.85. The van der Waals surface area contributed by atoms with Gasteiger partial charge in [0, 0.05) is 19.3 Å². The van der Waals surface area contributed by atoms with E-state index in [1.807, 2.05) is 6.07 Å². The van der Waals surface area contributed by atoms with Crippen LogP contribution in [0.15, 0.2) is 12.3 Å². The van der Waals surface area contributed by atoms with Gasteiger partial charge in [-0.1, -0.05) is 6.92 Å². The summed E-state index contributed by atoms with van der Waals surface area (Å²) in [7, 11) is 0. The first-order chi connectivity index (χ1) is 9.65. The molecule has 7 nitrogen and oxygen atoms in total. The van der Waals surface area contributed by atoms with Gasteiger partial charge in [-0.25, -0.2) is 4.98 Å². The molecule has 1 unspecified atom stereocenters. The van der Waals surface area contributed by atoms with Crippen LogP contribution >= 0.6 is 0 Å². The third-order valence-electron chi connectivity index (χ3n) is 3.60. The van der Waals surface area contributed by atoms with E-state index in [1.54, 1.807) is 0 Å². The standard InChI is InChI=1S/C13H17N5O2/c1-2-17-6-4-10(9-17)8-16-13-12(18(19)20)11(7-14)3-5-15-13/h3,5,10H,2,4,6,8-9H2,1H3,(H,15,16). The molecule has 20 heavy (non-hydrogen) atoms. The summed E-state index contributed by atoms with van der Waals surface area (Å²) in [4.78, 5) is 16.8. The molecule has 0 bridgehead atoms. The molecule has 0 radical (unpaired) electrons. The summed E-state index contributed by atoms with van der Waals surface area (Å²) in [6, 6.07) is 3.19. The molecular formula is C13H17N5O2. The number of nitrogens with zero attached hydrogens (tertiary/aromatic N) is 4. The van der Waals surface area contributed by atoms with Crippen LogP contribution in [0.3, 0.4) is 0 Å². The van der Waals surface area contributed by atoms with Crippen LogP contribution in [0.25, 0.3) is 0 Å². The van der Waals surface area contributed by atoms with Gasteiger partial charge in [-0.2, -0.15) is 5.26 Å². The van der Waals surface area contributed by atoms with Crippen molar-refractivity contribution in [1.29, 1.82) is 5.26 Å². The van der Waals surface area contributed by atoms with Crippen LogP contribution in [0.5, 0.6) is 0 Å². The molecule has 1 aliphatic heterocycles. The number of pyridine rings is 1. The van der Waals surface area contributed by atoms with Crippen molar-refractivity contribution in [2.45, 2.75) is 13.3 Å². The zero-order valence-corrected chi connectivity index (χ0v) is 11.4. The molecular weight excluding hydrogens is 258 g/mol. The van der Waals surface area contributed by atoms with Crippen molar-refractivity contribution in [1.82, 2.24) is 9.88 Å². The minimum atomic E-state index is -0.555. The molecule has 0 spiro atoms. The van der Waals surface area contributed by atoms with Gasteiger partial charge in [0.1, 0.15) is 11.6 Å². The van der Waals surface area contributed by atoms with E-state index < -0.39 is 4.92 Å². The van der Waals surface area contributed by atoms with Crippen molar-refractivity contribution in [3.63, 3.8) is 0 Å². The SMILES string of the molecule is CCN1CCC(CNc2nccc(C#N)c2[N+](=O)[O-])C1. The predicted molar refractivity (Wildman–Crippen MR) is 74.3 cm³/mol. The molecule has 0 saturated carbocycles. The van der Waals surface area contributed by atoms with Gasteiger partial charge in [0.05, 0.1) is 4.92 Å². The molecule has 1 saturated heterocycles. The van der Waals surface area contributed by atoms with E-state index in [2.05, 4.69) is 22.1 Å². The summed E-state index contributed by atoms with van der Waals surface area (Å²) in [6.07, 6.45) is 2.49. The van der Waals surface area contributed by atoms with Crippen molar-refractivity contribution < 1.29 is 4.92 Å². The van der Waals surface area contributed by atoms with Crippen molar-refractivity contribution in [2.75, 3.05) is 31.5 Å². The van der Waals surface area contributed by atoms with E-state index in [9.17, 15) is 10.1 Å². The second-order valence-electron chi connectivity index (χ2n) is 4.85. The van der Waals surface area contributed by atoms with E-state index in [0.29, 0.717) is 12.5 Å². The van der Waals surface area contributed by atoms with E-state index in [0.717, 1.165) is 26.1 Å². The monoisotopic (exact) mass is 275 g/mol. The maximum Gasteiger partial charge on any atom is 0.328 e. The maximum absolute atomic E-state index is 11.1. The van der Waals surface area contributed by atoms with Crippen molar-refractivity contribution in [3.8, 4) is 6.07 Å². The smallest absolute Gasteiger partial charge is 0.328 e. The van der Waals surface area contributed by atoms with E-state index in [1.165, 1.54) is 12.3 Å². The summed E-state index contributed by atoms with van der Waals surface area (Å²) in [5, 5.41) is 23.0. The fourth-order valence-electron chi connectivity index (χ4n) is 2.47. The zero-order chi connectivity index (χ0) is 14.5. The first-order valence-electron chi connectivity index (χ1n) is 6.65. The average Bonchev–Trinajstić information content (AvgIpc) is 2.92. The van der Waals surface area contributed by atoms with E-state index in [-0.39, 0.29) is 17.1 Å². The first-order valence-corrected chi connectivity index (χ1v) is 6.65. The predicted octanol–water partition coefficient (Wildman–Crippen LogP) is 1.62. The van der Waals surface area contributed by atoms with Gasteiger partial charge in [0.25, 0.3) is 0 Å². The Bertz CT molecular complexity index is 540. The van der Waals surface area contributed by atoms with Crippen LogP contribution in [-0.2, 0) is 0 Å². The molecule has 2 rings (SSSR count). The van der Waals surface area contributed by atoms with Crippen LogP contribution in [0.2, 0.25) is 0 Å². The Morgan fingerprint density at radius 3 is 3.10 bits per heavy atom. The lowest BCUT2D eigenvalue weighted by atomic mass is 10.1. The molecule has 0 aromatic carbocycles. The highest BCUT2D eigenvalue weighted by Crippen LogP contribution is 2.26. The van der Waals surface area contributed by atoms with Crippen LogP contribution in [0.4, 0.5) is 11.5 Å². The lowest BCUT2D eigenvalue weighted by molar-refractivity contribution is -0.384. The van der Waals surface area contributed by atoms with Gasteiger partial charge in [-0.05, 0) is 31.5 Å². The van der Waals surface area contributed by atoms with Gasteiger partial charge in [0.15, 0.2) is 0 Å². The Balaban J connectivity index is 2.07. The van der Waals surface area contributed by atoms with E-state index >= 15 is 0 Å². The molecule has 0 amide bonds. The van der Waals surface area contributed by atoms with Crippen LogP contribution in [0, 0.1) is 27.4 Å². The highest BCUT2D eigenvalue weighted by atomic mass is 16.6. The lowest BCUT2D eigenvalue weighted by Crippen LogP contribution is -2.22. The highest BCUT2D eigenvalue weighted by molar-refractivity contribution is 5.64. The summed E-state index contributed by atoms with van der Waals surface area (Å²) >= 11 is 0. The second kappa shape index (κ2) is 6.30. The fourth-order valence-corrected chi connectivity index (χ4v) is 2.47. The molecule has 1 fully saturated rings. The van der Waals surface area contributed by atoms with Gasteiger partial charge in [-0.15, -0.1) is 0 Å². The maximum atomic E-state index is 11.1. The number of hydrogen-bond acceptors (Lipinski definition) is 6. The Morgan fingerprint density at radius 2 is 2.50 bits per heavy atom. The van der Waals surface area contributed by atoms with Crippen LogP contribution < -0.4 is 5.32 Å². The fraction of sp³-hybridized carbons (Fsp3) is 0.538. The number of rotatable bonds is 5. The van der Waals surface area contributed by atoms with Gasteiger partial charge < -0.3 is 10.2 Å². The molecule has 1 aromatic rings. The number of likely N-dealkylation sites (tertiary alicyclic amines) is 1. The molecule has 7 heteroatoms. The minimum Gasteiger partial charge on any atom is -0.364 e. The minimum absolute atomic E-state index is 0.0362. The third-order valence-corrected chi connectivity index (χ3v) is 3.60. The van der Waals surface area contributed by atoms with Gasteiger partial charge in [0.2, 0.25) is 5.82 Å². The number of hydrogen-bond donors (Lipinski definition) is 1. The summed E-state index contributed by atoms with van der Waals surface area (Å²) in [6.45, 7) is 5.85. The summed E-state index contributed by atoms with van der Waals surface area (Å²) in [5.41, 5.74) is -0.200. The molecule has 1 atom stereocenters. The quantitative estimate of drug-likeness (QED) is 0.648. The molecule has 1 aliphatic rings.